The van der Waals surface area contributed by atoms with Crippen molar-refractivity contribution in [2.75, 3.05) is 7.05 Å². The first-order chi connectivity index (χ1) is 7.43. The molecule has 0 radical (unpaired) electrons. The minimum Gasteiger partial charge on any atom is -0.368 e. The van der Waals surface area contributed by atoms with Gasteiger partial charge in [0.1, 0.15) is 12.1 Å². The van der Waals surface area contributed by atoms with Crippen LogP contribution in [0.15, 0.2) is 0 Å². The molecule has 1 saturated heterocycles. The molecule has 3 N–H and O–H groups in total. The Kier molecular flexibility index (Phi) is 3.87. The number of nitrogens with two attached hydrogens (primary N) is 1. The van der Waals surface area contributed by atoms with Crippen LogP contribution in [0.25, 0.3) is 0 Å². The second kappa shape index (κ2) is 4.96. The number of hydrogen-bond donors (Lipinski definition) is 2. The lowest BCUT2D eigenvalue weighted by molar-refractivity contribution is -0.138. The highest BCUT2D eigenvalue weighted by atomic mass is 16.2. The maximum atomic E-state index is 11.8. The van der Waals surface area contributed by atoms with Gasteiger partial charge in [-0.2, -0.15) is 0 Å². The van der Waals surface area contributed by atoms with Gasteiger partial charge in [0.25, 0.3) is 0 Å². The van der Waals surface area contributed by atoms with E-state index in [1.165, 1.54) is 11.8 Å². The Morgan fingerprint density at radius 2 is 2.06 bits per heavy atom. The fourth-order valence-corrected chi connectivity index (χ4v) is 1.79. The molecule has 90 valence electrons. The molecule has 0 aromatic heterocycles. The van der Waals surface area contributed by atoms with Crippen LogP contribution in [0, 0.1) is 0 Å². The van der Waals surface area contributed by atoms with Crippen LogP contribution in [0.2, 0.25) is 0 Å². The first-order valence-corrected chi connectivity index (χ1v) is 5.26. The number of hydrogen-bond acceptors (Lipinski definition) is 3. The molecule has 1 aliphatic rings. The summed E-state index contributed by atoms with van der Waals surface area (Å²) in [6.45, 7) is 1.41. The van der Waals surface area contributed by atoms with Crippen molar-refractivity contribution in [3.8, 4) is 0 Å². The first kappa shape index (κ1) is 12.5. The molecule has 3 amide bonds. The van der Waals surface area contributed by atoms with Crippen LogP contribution in [0.5, 0.6) is 0 Å². The van der Waals surface area contributed by atoms with Crippen LogP contribution in [-0.2, 0) is 14.4 Å². The van der Waals surface area contributed by atoms with Crippen molar-refractivity contribution in [2.45, 2.75) is 38.3 Å². The standard InChI is InChI=1S/C10H17N3O3/c1-6(14)13(2)8-5-3-4-7(9(11)15)12-10(8)16/h7-8H,3-5H2,1-2H3,(H2,11,15)(H,12,16)/t7-,8+/m0/s1. The molecular formula is C10H17N3O3. The molecule has 1 aliphatic heterocycles. The van der Waals surface area contributed by atoms with Crippen molar-refractivity contribution in [1.29, 1.82) is 0 Å². The summed E-state index contributed by atoms with van der Waals surface area (Å²) in [6, 6.07) is -1.11. The quantitative estimate of drug-likeness (QED) is 0.633. The van der Waals surface area contributed by atoms with Crippen molar-refractivity contribution in [3.05, 3.63) is 0 Å². The number of nitrogens with one attached hydrogen (secondary N) is 1. The lowest BCUT2D eigenvalue weighted by atomic mass is 10.1. The van der Waals surface area contributed by atoms with E-state index in [0.29, 0.717) is 19.3 Å². The van der Waals surface area contributed by atoms with E-state index in [2.05, 4.69) is 5.32 Å². The Morgan fingerprint density at radius 3 is 2.56 bits per heavy atom. The second-order valence-corrected chi connectivity index (χ2v) is 4.04. The van der Waals surface area contributed by atoms with E-state index in [9.17, 15) is 14.4 Å². The first-order valence-electron chi connectivity index (χ1n) is 5.26. The zero-order chi connectivity index (χ0) is 12.3. The Morgan fingerprint density at radius 1 is 1.44 bits per heavy atom. The third kappa shape index (κ3) is 2.71. The predicted molar refractivity (Wildman–Crippen MR) is 57.2 cm³/mol. The molecule has 0 aromatic carbocycles. The minimum atomic E-state index is -0.613. The highest BCUT2D eigenvalue weighted by Gasteiger charge is 2.31. The van der Waals surface area contributed by atoms with Crippen molar-refractivity contribution in [3.63, 3.8) is 0 Å². The molecule has 6 nitrogen and oxygen atoms in total. The van der Waals surface area contributed by atoms with Gasteiger partial charge in [-0.1, -0.05) is 0 Å². The number of nitrogens with zero attached hydrogens (tertiary/aromatic N) is 1. The summed E-state index contributed by atoms with van der Waals surface area (Å²) in [5.41, 5.74) is 5.15. The molecule has 0 spiro atoms. The van der Waals surface area contributed by atoms with E-state index in [1.807, 2.05) is 0 Å². The van der Waals surface area contributed by atoms with Gasteiger partial charge in [0.15, 0.2) is 0 Å². The minimum absolute atomic E-state index is 0.169. The largest absolute Gasteiger partial charge is 0.368 e. The number of carbonyl (C=O) groups excluding carboxylic acids is 3. The second-order valence-electron chi connectivity index (χ2n) is 4.04. The highest BCUT2D eigenvalue weighted by Crippen LogP contribution is 2.14. The molecule has 0 aromatic rings. The Balaban J connectivity index is 2.73. The number of amides is 3. The summed E-state index contributed by atoms with van der Waals surface area (Å²) in [7, 11) is 1.58. The fraction of sp³-hybridized carbons (Fsp3) is 0.700. The zero-order valence-electron chi connectivity index (χ0n) is 9.53. The molecule has 1 fully saturated rings. The summed E-state index contributed by atoms with van der Waals surface area (Å²) in [5.74, 6) is -1.00. The average molecular weight is 227 g/mol. The van der Waals surface area contributed by atoms with Crippen molar-refractivity contribution in [2.24, 2.45) is 5.73 Å². The van der Waals surface area contributed by atoms with E-state index >= 15 is 0 Å². The van der Waals surface area contributed by atoms with Crippen molar-refractivity contribution < 1.29 is 14.4 Å². The number of carbonyl (C=O) groups is 3. The van der Waals surface area contributed by atoms with Crippen LogP contribution in [0.4, 0.5) is 0 Å². The van der Waals surface area contributed by atoms with Gasteiger partial charge in [-0.3, -0.25) is 14.4 Å². The molecule has 1 heterocycles. The predicted octanol–water partition coefficient (Wildman–Crippen LogP) is -1.01. The van der Waals surface area contributed by atoms with E-state index in [1.54, 1.807) is 7.05 Å². The maximum absolute atomic E-state index is 11.8. The number of rotatable bonds is 2. The molecule has 0 aliphatic carbocycles. The summed E-state index contributed by atoms with van der Waals surface area (Å²) in [5, 5.41) is 2.56. The number of likely N-dealkylation sites (N-methyl/N-ethyl adjacent to an activating group) is 1. The summed E-state index contributed by atoms with van der Waals surface area (Å²) >= 11 is 0. The SMILES string of the molecule is CC(=O)N(C)[C@@H]1CCC[C@@H](C(N)=O)NC1=O. The molecule has 0 saturated carbocycles. The molecule has 0 bridgehead atoms. The van der Waals surface area contributed by atoms with Crippen LogP contribution >= 0.6 is 0 Å². The van der Waals surface area contributed by atoms with Crippen LogP contribution < -0.4 is 11.1 Å². The maximum Gasteiger partial charge on any atom is 0.243 e. The fourth-order valence-electron chi connectivity index (χ4n) is 1.79. The summed E-state index contributed by atoms with van der Waals surface area (Å²) < 4.78 is 0. The van der Waals surface area contributed by atoms with Crippen molar-refractivity contribution >= 4 is 17.7 Å². The molecule has 6 heteroatoms. The van der Waals surface area contributed by atoms with Gasteiger partial charge in [0.2, 0.25) is 17.7 Å². The average Bonchev–Trinajstić information content (AvgIpc) is 2.38. The van der Waals surface area contributed by atoms with E-state index in [4.69, 9.17) is 5.73 Å². The zero-order valence-corrected chi connectivity index (χ0v) is 9.53. The van der Waals surface area contributed by atoms with E-state index < -0.39 is 18.0 Å². The Bertz CT molecular complexity index is 316. The summed E-state index contributed by atoms with van der Waals surface area (Å²) in [4.78, 5) is 35.3. The normalized spacial score (nSPS) is 25.5. The Labute approximate surface area is 94.2 Å². The molecule has 2 atom stereocenters. The lowest BCUT2D eigenvalue weighted by Gasteiger charge is -2.24. The van der Waals surface area contributed by atoms with Gasteiger partial charge in [-0.25, -0.2) is 0 Å². The monoisotopic (exact) mass is 227 g/mol. The van der Waals surface area contributed by atoms with Crippen LogP contribution in [-0.4, -0.2) is 41.8 Å². The highest BCUT2D eigenvalue weighted by molar-refractivity contribution is 5.91. The molecular weight excluding hydrogens is 210 g/mol. The van der Waals surface area contributed by atoms with E-state index in [-0.39, 0.29) is 11.8 Å². The van der Waals surface area contributed by atoms with Gasteiger partial charge in [0.05, 0.1) is 0 Å². The van der Waals surface area contributed by atoms with Crippen LogP contribution in [0.1, 0.15) is 26.2 Å². The molecule has 1 rings (SSSR count). The van der Waals surface area contributed by atoms with Crippen LogP contribution in [0.3, 0.4) is 0 Å². The van der Waals surface area contributed by atoms with E-state index in [0.717, 1.165) is 0 Å². The number of primary amides is 1. The topological polar surface area (TPSA) is 92.5 Å². The molecule has 0 unspecified atom stereocenters. The lowest BCUT2D eigenvalue weighted by Crippen LogP contribution is -2.50. The summed E-state index contributed by atoms with van der Waals surface area (Å²) in [6.07, 6.45) is 1.78. The van der Waals surface area contributed by atoms with Gasteiger partial charge >= 0.3 is 0 Å². The van der Waals surface area contributed by atoms with Gasteiger partial charge in [-0.05, 0) is 19.3 Å². The van der Waals surface area contributed by atoms with Gasteiger partial charge < -0.3 is 16.0 Å². The smallest absolute Gasteiger partial charge is 0.243 e. The molecule has 16 heavy (non-hydrogen) atoms. The Hall–Kier alpha value is -1.59. The van der Waals surface area contributed by atoms with Gasteiger partial charge in [-0.15, -0.1) is 0 Å². The third-order valence-electron chi connectivity index (χ3n) is 2.90. The third-order valence-corrected chi connectivity index (χ3v) is 2.90. The van der Waals surface area contributed by atoms with Gasteiger partial charge in [0, 0.05) is 14.0 Å². The van der Waals surface area contributed by atoms with Crippen molar-refractivity contribution in [1.82, 2.24) is 10.2 Å².